The highest BCUT2D eigenvalue weighted by Crippen LogP contribution is 2.49. The van der Waals surface area contributed by atoms with Gasteiger partial charge < -0.3 is 18.9 Å². The number of pyridine rings is 1. The van der Waals surface area contributed by atoms with Crippen LogP contribution in [0.1, 0.15) is 23.6 Å². The Hall–Kier alpha value is -2.95. The van der Waals surface area contributed by atoms with E-state index >= 15 is 0 Å². The summed E-state index contributed by atoms with van der Waals surface area (Å²) in [6.07, 6.45) is 3.64. The Balaban J connectivity index is 1.77. The molecule has 0 unspecified atom stereocenters. The van der Waals surface area contributed by atoms with Crippen molar-refractivity contribution in [2.75, 3.05) is 21.0 Å². The molecule has 0 amide bonds. The number of benzene rings is 2. The second-order valence-corrected chi connectivity index (χ2v) is 6.53. The summed E-state index contributed by atoms with van der Waals surface area (Å²) in [6, 6.07) is 6.10. The van der Waals surface area contributed by atoms with Gasteiger partial charge in [-0.2, -0.15) is 0 Å². The molecule has 0 saturated heterocycles. The zero-order chi connectivity index (χ0) is 17.8. The highest BCUT2D eigenvalue weighted by Gasteiger charge is 2.30. The molecule has 0 fully saturated rings. The molecule has 132 valence electrons. The smallest absolute Gasteiger partial charge is 0.231 e. The Labute approximate surface area is 151 Å². The fourth-order valence-corrected chi connectivity index (χ4v) is 4.13. The lowest BCUT2D eigenvalue weighted by atomic mass is 9.98. The first-order valence-corrected chi connectivity index (χ1v) is 8.73. The Kier molecular flexibility index (Phi) is 3.26. The molecule has 1 aliphatic heterocycles. The van der Waals surface area contributed by atoms with Crippen LogP contribution in [0.2, 0.25) is 0 Å². The van der Waals surface area contributed by atoms with Crippen molar-refractivity contribution >= 4 is 10.8 Å². The van der Waals surface area contributed by atoms with Gasteiger partial charge in [-0.05, 0) is 41.1 Å². The monoisotopic (exact) mass is 349 g/mol. The first kappa shape index (κ1) is 15.3. The van der Waals surface area contributed by atoms with Gasteiger partial charge in [0.15, 0.2) is 23.0 Å². The summed E-state index contributed by atoms with van der Waals surface area (Å²) in [5, 5.41) is 2.19. The van der Waals surface area contributed by atoms with Crippen molar-refractivity contribution in [2.24, 2.45) is 0 Å². The lowest BCUT2D eigenvalue weighted by Crippen LogP contribution is -1.96. The average molecular weight is 349 g/mol. The molecule has 5 nitrogen and oxygen atoms in total. The topological polar surface area (TPSA) is 49.8 Å². The number of aromatic nitrogens is 1. The van der Waals surface area contributed by atoms with Gasteiger partial charge in [0.1, 0.15) is 0 Å². The van der Waals surface area contributed by atoms with Gasteiger partial charge in [-0.25, -0.2) is 0 Å². The highest BCUT2D eigenvalue weighted by molar-refractivity contribution is 5.95. The van der Waals surface area contributed by atoms with Crippen LogP contribution in [0.15, 0.2) is 24.4 Å². The number of methoxy groups -OCH3 is 2. The quantitative estimate of drug-likeness (QED) is 0.557. The van der Waals surface area contributed by atoms with Crippen molar-refractivity contribution in [1.29, 1.82) is 0 Å². The highest BCUT2D eigenvalue weighted by atomic mass is 16.7. The van der Waals surface area contributed by atoms with E-state index in [0.717, 1.165) is 52.1 Å². The molecule has 0 bridgehead atoms. The van der Waals surface area contributed by atoms with E-state index in [4.69, 9.17) is 23.9 Å². The summed E-state index contributed by atoms with van der Waals surface area (Å²) in [6.45, 7) is 2.44. The van der Waals surface area contributed by atoms with Gasteiger partial charge in [0.05, 0.1) is 19.9 Å². The van der Waals surface area contributed by atoms with Crippen LogP contribution in [0.25, 0.3) is 22.0 Å². The first-order valence-electron chi connectivity index (χ1n) is 8.73. The minimum Gasteiger partial charge on any atom is -0.493 e. The van der Waals surface area contributed by atoms with Crippen LogP contribution in [0, 0.1) is 0 Å². The maximum Gasteiger partial charge on any atom is 0.231 e. The Morgan fingerprint density at radius 3 is 2.62 bits per heavy atom. The predicted octanol–water partition coefficient (Wildman–Crippen LogP) is 4.11. The summed E-state index contributed by atoms with van der Waals surface area (Å²) in [5.74, 6) is 3.16. The summed E-state index contributed by atoms with van der Waals surface area (Å²) < 4.78 is 22.3. The standard InChI is InChI=1S/C21H19NO4/c1-4-12-14-6-15-13-7-18(24-3)17(23-2)5-11(13)9-22-20(15)16(14)8-19-21(12)26-10-25-19/h5,7-9H,4,6,10H2,1-3H3. The third-order valence-corrected chi connectivity index (χ3v) is 5.34. The van der Waals surface area contributed by atoms with E-state index in [9.17, 15) is 0 Å². The summed E-state index contributed by atoms with van der Waals surface area (Å²) in [7, 11) is 3.31. The van der Waals surface area contributed by atoms with E-state index in [1.165, 1.54) is 16.7 Å². The van der Waals surface area contributed by atoms with Gasteiger partial charge in [0.2, 0.25) is 6.79 Å². The van der Waals surface area contributed by atoms with E-state index in [-0.39, 0.29) is 0 Å². The number of nitrogens with zero attached hydrogens (tertiary/aromatic N) is 1. The third-order valence-electron chi connectivity index (χ3n) is 5.34. The minimum absolute atomic E-state index is 0.292. The molecule has 26 heavy (non-hydrogen) atoms. The maximum atomic E-state index is 5.72. The van der Waals surface area contributed by atoms with Crippen molar-refractivity contribution in [3.63, 3.8) is 0 Å². The molecule has 5 heteroatoms. The summed E-state index contributed by atoms with van der Waals surface area (Å²) in [4.78, 5) is 4.77. The molecule has 2 aromatic carbocycles. The Bertz CT molecular complexity index is 1060. The lowest BCUT2D eigenvalue weighted by molar-refractivity contribution is 0.173. The maximum absolute atomic E-state index is 5.72. The number of rotatable bonds is 3. The molecule has 5 rings (SSSR count). The zero-order valence-electron chi connectivity index (χ0n) is 15.0. The van der Waals surface area contributed by atoms with Crippen LogP contribution in [0.5, 0.6) is 23.0 Å². The molecular weight excluding hydrogens is 330 g/mol. The normalized spacial score (nSPS) is 13.7. The summed E-state index contributed by atoms with van der Waals surface area (Å²) in [5.41, 5.74) is 5.91. The fraction of sp³-hybridized carbons (Fsp3) is 0.286. The van der Waals surface area contributed by atoms with Crippen molar-refractivity contribution in [2.45, 2.75) is 19.8 Å². The largest absolute Gasteiger partial charge is 0.493 e. The SMILES string of the molecule is CCc1c2c(cc3c1OCO3)-c1ncc3cc(OC)c(OC)cc3c1C2. The van der Waals surface area contributed by atoms with Crippen LogP contribution >= 0.6 is 0 Å². The Morgan fingerprint density at radius 1 is 1.04 bits per heavy atom. The van der Waals surface area contributed by atoms with Gasteiger partial charge in [-0.15, -0.1) is 0 Å². The van der Waals surface area contributed by atoms with Gasteiger partial charge in [0.25, 0.3) is 0 Å². The van der Waals surface area contributed by atoms with E-state index < -0.39 is 0 Å². The molecule has 1 aliphatic carbocycles. The number of hydrogen-bond donors (Lipinski definition) is 0. The van der Waals surface area contributed by atoms with Gasteiger partial charge >= 0.3 is 0 Å². The molecule has 0 spiro atoms. The van der Waals surface area contributed by atoms with Gasteiger partial charge in [-0.1, -0.05) is 6.92 Å². The molecule has 0 saturated carbocycles. The zero-order valence-corrected chi connectivity index (χ0v) is 15.0. The van der Waals surface area contributed by atoms with Crippen LogP contribution < -0.4 is 18.9 Å². The number of ether oxygens (including phenoxy) is 4. The molecule has 1 aromatic heterocycles. The fourth-order valence-electron chi connectivity index (χ4n) is 4.13. The van der Waals surface area contributed by atoms with Crippen molar-refractivity contribution < 1.29 is 18.9 Å². The van der Waals surface area contributed by atoms with E-state index in [0.29, 0.717) is 12.5 Å². The molecule has 0 radical (unpaired) electrons. The van der Waals surface area contributed by atoms with E-state index in [2.05, 4.69) is 13.0 Å². The third kappa shape index (κ3) is 1.94. The second kappa shape index (κ2) is 5.53. The number of fused-ring (bicyclic) bond motifs is 6. The van der Waals surface area contributed by atoms with Crippen molar-refractivity contribution in [1.82, 2.24) is 4.98 Å². The van der Waals surface area contributed by atoms with Crippen molar-refractivity contribution in [3.05, 3.63) is 41.1 Å². The summed E-state index contributed by atoms with van der Waals surface area (Å²) >= 11 is 0. The van der Waals surface area contributed by atoms with Crippen LogP contribution in [0.3, 0.4) is 0 Å². The molecular formula is C21H19NO4. The van der Waals surface area contributed by atoms with E-state index in [1.54, 1.807) is 14.2 Å². The number of hydrogen-bond acceptors (Lipinski definition) is 5. The molecule has 2 aliphatic rings. The van der Waals surface area contributed by atoms with Gasteiger partial charge in [-0.3, -0.25) is 4.98 Å². The van der Waals surface area contributed by atoms with E-state index in [1.807, 2.05) is 18.3 Å². The molecule has 0 atom stereocenters. The van der Waals surface area contributed by atoms with Gasteiger partial charge in [0, 0.05) is 29.1 Å². The van der Waals surface area contributed by atoms with Crippen LogP contribution in [-0.2, 0) is 12.8 Å². The first-order chi connectivity index (χ1) is 12.7. The van der Waals surface area contributed by atoms with Crippen LogP contribution in [0.4, 0.5) is 0 Å². The molecule has 2 heterocycles. The Morgan fingerprint density at radius 2 is 1.85 bits per heavy atom. The van der Waals surface area contributed by atoms with Crippen molar-refractivity contribution in [3.8, 4) is 34.3 Å². The average Bonchev–Trinajstić information content (AvgIpc) is 3.29. The predicted molar refractivity (Wildman–Crippen MR) is 98.6 cm³/mol. The minimum atomic E-state index is 0.292. The molecule has 3 aromatic rings. The molecule has 0 N–H and O–H groups in total. The lowest BCUT2D eigenvalue weighted by Gasteiger charge is -2.11. The second-order valence-electron chi connectivity index (χ2n) is 6.53. The van der Waals surface area contributed by atoms with Crippen LogP contribution in [-0.4, -0.2) is 26.0 Å².